The molecule has 0 saturated carbocycles. The fourth-order valence-corrected chi connectivity index (χ4v) is 1.59. The van der Waals surface area contributed by atoms with Gasteiger partial charge in [-0.25, -0.2) is 0 Å². The Kier molecular flexibility index (Phi) is 6.67. The number of ether oxygens (including phenoxy) is 1. The van der Waals surface area contributed by atoms with Crippen LogP contribution in [0.5, 0.6) is 11.5 Å². The van der Waals surface area contributed by atoms with Gasteiger partial charge >= 0.3 is 0 Å². The van der Waals surface area contributed by atoms with Crippen molar-refractivity contribution in [2.24, 2.45) is 5.92 Å². The van der Waals surface area contributed by atoms with E-state index in [4.69, 9.17) is 4.74 Å². The van der Waals surface area contributed by atoms with Crippen molar-refractivity contribution < 1.29 is 14.9 Å². The molecule has 0 amide bonds. The van der Waals surface area contributed by atoms with Gasteiger partial charge in [0.05, 0.1) is 12.7 Å². The highest BCUT2D eigenvalue weighted by molar-refractivity contribution is 5.39. The van der Waals surface area contributed by atoms with Gasteiger partial charge in [-0.05, 0) is 18.4 Å². The number of aromatic hydroxyl groups is 1. The molecule has 4 heteroatoms. The minimum absolute atomic E-state index is 0.222. The van der Waals surface area contributed by atoms with E-state index in [9.17, 15) is 10.2 Å². The molecule has 1 rings (SSSR count). The molecule has 108 valence electrons. The third-order valence-electron chi connectivity index (χ3n) is 2.97. The summed E-state index contributed by atoms with van der Waals surface area (Å²) < 4.78 is 5.44. The smallest absolute Gasteiger partial charge is 0.123 e. The van der Waals surface area contributed by atoms with Crippen LogP contribution in [0.2, 0.25) is 0 Å². The van der Waals surface area contributed by atoms with Gasteiger partial charge in [0.1, 0.15) is 11.5 Å². The lowest BCUT2D eigenvalue weighted by Crippen LogP contribution is -2.30. The highest BCUT2D eigenvalue weighted by Crippen LogP contribution is 2.23. The SMILES string of the molecule is CCCOc1ccc(CNCC(O)C(C)C)c(O)c1. The molecule has 0 fully saturated rings. The van der Waals surface area contributed by atoms with Gasteiger partial charge in [-0.2, -0.15) is 0 Å². The van der Waals surface area contributed by atoms with Crippen molar-refractivity contribution in [1.29, 1.82) is 0 Å². The average Bonchev–Trinajstić information content (AvgIpc) is 2.38. The summed E-state index contributed by atoms with van der Waals surface area (Å²) >= 11 is 0. The Balaban J connectivity index is 2.46. The minimum Gasteiger partial charge on any atom is -0.507 e. The number of aliphatic hydroxyl groups excluding tert-OH is 1. The Bertz CT molecular complexity index is 380. The Hall–Kier alpha value is -1.26. The van der Waals surface area contributed by atoms with Crippen LogP contribution < -0.4 is 10.1 Å². The van der Waals surface area contributed by atoms with E-state index in [2.05, 4.69) is 5.32 Å². The van der Waals surface area contributed by atoms with E-state index in [0.29, 0.717) is 25.4 Å². The van der Waals surface area contributed by atoms with Crippen LogP contribution in [0, 0.1) is 5.92 Å². The van der Waals surface area contributed by atoms with E-state index in [1.807, 2.05) is 32.9 Å². The molecule has 0 heterocycles. The first-order valence-electron chi connectivity index (χ1n) is 6.88. The summed E-state index contributed by atoms with van der Waals surface area (Å²) in [5.41, 5.74) is 0.805. The number of hydrogen-bond acceptors (Lipinski definition) is 4. The zero-order valence-electron chi connectivity index (χ0n) is 12.0. The molecular weight excluding hydrogens is 242 g/mol. The van der Waals surface area contributed by atoms with E-state index in [0.717, 1.165) is 12.0 Å². The Morgan fingerprint density at radius 2 is 2.05 bits per heavy atom. The third-order valence-corrected chi connectivity index (χ3v) is 2.97. The van der Waals surface area contributed by atoms with Gasteiger partial charge < -0.3 is 20.3 Å². The lowest BCUT2D eigenvalue weighted by atomic mass is 10.1. The van der Waals surface area contributed by atoms with Crippen LogP contribution in [0.3, 0.4) is 0 Å². The van der Waals surface area contributed by atoms with Crippen LogP contribution in [0.1, 0.15) is 32.8 Å². The molecule has 1 atom stereocenters. The lowest BCUT2D eigenvalue weighted by molar-refractivity contribution is 0.123. The molecule has 1 unspecified atom stereocenters. The maximum atomic E-state index is 9.88. The van der Waals surface area contributed by atoms with E-state index >= 15 is 0 Å². The zero-order chi connectivity index (χ0) is 14.3. The predicted molar refractivity (Wildman–Crippen MR) is 76.4 cm³/mol. The fourth-order valence-electron chi connectivity index (χ4n) is 1.59. The molecule has 0 aliphatic rings. The van der Waals surface area contributed by atoms with Crippen LogP contribution in [0.4, 0.5) is 0 Å². The molecule has 0 radical (unpaired) electrons. The van der Waals surface area contributed by atoms with Gasteiger partial charge in [0.2, 0.25) is 0 Å². The molecule has 0 bridgehead atoms. The van der Waals surface area contributed by atoms with Crippen LogP contribution in [0.25, 0.3) is 0 Å². The summed E-state index contributed by atoms with van der Waals surface area (Å²) in [6, 6.07) is 5.33. The van der Waals surface area contributed by atoms with Crippen molar-refractivity contribution in [3.63, 3.8) is 0 Å². The van der Waals surface area contributed by atoms with Crippen LogP contribution in [-0.4, -0.2) is 29.5 Å². The van der Waals surface area contributed by atoms with Gasteiger partial charge in [0.25, 0.3) is 0 Å². The van der Waals surface area contributed by atoms with Crippen molar-refractivity contribution >= 4 is 0 Å². The second-order valence-electron chi connectivity index (χ2n) is 5.08. The molecule has 1 aromatic rings. The maximum Gasteiger partial charge on any atom is 0.123 e. The third kappa shape index (κ3) is 5.49. The summed E-state index contributed by atoms with van der Waals surface area (Å²) in [5.74, 6) is 1.14. The Morgan fingerprint density at radius 3 is 2.63 bits per heavy atom. The quantitative estimate of drug-likeness (QED) is 0.676. The number of phenolic OH excluding ortho intramolecular Hbond substituents is 1. The van der Waals surface area contributed by atoms with E-state index in [1.54, 1.807) is 6.07 Å². The summed E-state index contributed by atoms with van der Waals surface area (Å²) in [5, 5.41) is 22.7. The van der Waals surface area contributed by atoms with Crippen LogP contribution >= 0.6 is 0 Å². The number of phenols is 1. The molecule has 0 aliphatic heterocycles. The predicted octanol–water partition coefficient (Wildman–Crippen LogP) is 2.29. The largest absolute Gasteiger partial charge is 0.507 e. The van der Waals surface area contributed by atoms with E-state index in [-0.39, 0.29) is 17.8 Å². The van der Waals surface area contributed by atoms with Crippen molar-refractivity contribution in [3.05, 3.63) is 23.8 Å². The average molecular weight is 267 g/mol. The zero-order valence-corrected chi connectivity index (χ0v) is 12.0. The van der Waals surface area contributed by atoms with Gasteiger partial charge in [-0.15, -0.1) is 0 Å². The van der Waals surface area contributed by atoms with E-state index < -0.39 is 0 Å². The number of hydrogen-bond donors (Lipinski definition) is 3. The second kappa shape index (κ2) is 8.02. The molecule has 0 saturated heterocycles. The number of rotatable bonds is 8. The highest BCUT2D eigenvalue weighted by Gasteiger charge is 2.09. The molecule has 19 heavy (non-hydrogen) atoms. The molecular formula is C15H25NO3. The molecule has 1 aromatic carbocycles. The summed E-state index contributed by atoms with van der Waals surface area (Å²) in [6.45, 7) is 7.69. The van der Waals surface area contributed by atoms with Gasteiger partial charge in [0.15, 0.2) is 0 Å². The molecule has 3 N–H and O–H groups in total. The first-order chi connectivity index (χ1) is 9.04. The first-order valence-corrected chi connectivity index (χ1v) is 6.88. The van der Waals surface area contributed by atoms with Crippen molar-refractivity contribution in [2.45, 2.75) is 39.8 Å². The van der Waals surface area contributed by atoms with Crippen LogP contribution in [0.15, 0.2) is 18.2 Å². The molecule has 0 aliphatic carbocycles. The first kappa shape index (κ1) is 15.8. The number of aliphatic hydroxyl groups is 1. The van der Waals surface area contributed by atoms with Crippen molar-refractivity contribution in [3.8, 4) is 11.5 Å². The summed E-state index contributed by atoms with van der Waals surface area (Å²) in [7, 11) is 0. The van der Waals surface area contributed by atoms with Gasteiger partial charge in [-0.1, -0.05) is 26.8 Å². The Morgan fingerprint density at radius 1 is 1.32 bits per heavy atom. The minimum atomic E-state index is -0.366. The normalized spacial score (nSPS) is 12.7. The molecule has 4 nitrogen and oxygen atoms in total. The van der Waals surface area contributed by atoms with Crippen molar-refractivity contribution in [2.75, 3.05) is 13.2 Å². The molecule has 0 spiro atoms. The number of benzene rings is 1. The second-order valence-corrected chi connectivity index (χ2v) is 5.08. The fraction of sp³-hybridized carbons (Fsp3) is 0.600. The topological polar surface area (TPSA) is 61.7 Å². The monoisotopic (exact) mass is 267 g/mol. The lowest BCUT2D eigenvalue weighted by Gasteiger charge is -2.15. The van der Waals surface area contributed by atoms with Gasteiger partial charge in [-0.3, -0.25) is 0 Å². The highest BCUT2D eigenvalue weighted by atomic mass is 16.5. The van der Waals surface area contributed by atoms with E-state index in [1.165, 1.54) is 0 Å². The number of nitrogens with one attached hydrogen (secondary N) is 1. The Labute approximate surface area is 115 Å². The summed E-state index contributed by atoms with van der Waals surface area (Å²) in [6.07, 6.45) is 0.575. The standard InChI is InChI=1S/C15H25NO3/c1-4-7-19-13-6-5-12(14(17)8-13)9-16-10-15(18)11(2)3/h5-6,8,11,15-18H,4,7,9-10H2,1-3H3. The summed E-state index contributed by atoms with van der Waals surface area (Å²) in [4.78, 5) is 0. The van der Waals surface area contributed by atoms with Crippen LogP contribution in [-0.2, 0) is 6.54 Å². The molecule has 0 aromatic heterocycles. The van der Waals surface area contributed by atoms with Gasteiger partial charge in [0, 0.05) is 24.7 Å². The maximum absolute atomic E-state index is 9.88. The van der Waals surface area contributed by atoms with Crippen molar-refractivity contribution in [1.82, 2.24) is 5.32 Å².